The topological polar surface area (TPSA) is 64.1 Å². The summed E-state index contributed by atoms with van der Waals surface area (Å²) in [6.07, 6.45) is 0. The number of carbonyl (C=O) groups excluding carboxylic acids is 1. The molecule has 184 valence electrons. The van der Waals surface area contributed by atoms with Crippen molar-refractivity contribution in [1.29, 1.82) is 0 Å². The number of amides is 1. The number of ether oxygens (including phenoxy) is 1. The van der Waals surface area contributed by atoms with Gasteiger partial charge in [0.25, 0.3) is 11.8 Å². The summed E-state index contributed by atoms with van der Waals surface area (Å²) >= 11 is 0. The molecular formula is C27H21F4N3O2. The van der Waals surface area contributed by atoms with Crippen LogP contribution in [0.5, 0.6) is 5.75 Å². The summed E-state index contributed by atoms with van der Waals surface area (Å²) in [5.41, 5.74) is 1.97. The largest absolute Gasteiger partial charge is 0.434 e. The third kappa shape index (κ3) is 5.86. The van der Waals surface area contributed by atoms with Crippen molar-refractivity contribution in [2.45, 2.75) is 26.4 Å². The van der Waals surface area contributed by atoms with E-state index >= 15 is 0 Å². The van der Waals surface area contributed by atoms with Gasteiger partial charge in [-0.2, -0.15) is 8.78 Å². The van der Waals surface area contributed by atoms with Crippen molar-refractivity contribution in [2.24, 2.45) is 0 Å². The lowest BCUT2D eigenvalue weighted by atomic mass is 10.0. The van der Waals surface area contributed by atoms with Gasteiger partial charge in [0.2, 0.25) is 0 Å². The van der Waals surface area contributed by atoms with Crippen LogP contribution in [0.3, 0.4) is 0 Å². The first kappa shape index (κ1) is 24.8. The average molecular weight is 495 g/mol. The SMILES string of the molecule is Cc1cc(C(=O)Nc2cccc(C(C)(F)F)c2)nc(-c2ccc(OC(F)F)c(-c3ccccc3)c2)n1. The highest BCUT2D eigenvalue weighted by Crippen LogP contribution is 2.35. The maximum absolute atomic E-state index is 13.7. The Hall–Kier alpha value is -4.27. The summed E-state index contributed by atoms with van der Waals surface area (Å²) in [6, 6.07) is 20.2. The Morgan fingerprint density at radius 1 is 0.917 bits per heavy atom. The molecule has 0 bridgehead atoms. The summed E-state index contributed by atoms with van der Waals surface area (Å²) in [4.78, 5) is 21.6. The van der Waals surface area contributed by atoms with E-state index in [4.69, 9.17) is 0 Å². The van der Waals surface area contributed by atoms with Crippen molar-refractivity contribution in [2.75, 3.05) is 5.32 Å². The molecule has 36 heavy (non-hydrogen) atoms. The van der Waals surface area contributed by atoms with Gasteiger partial charge in [-0.25, -0.2) is 18.7 Å². The molecule has 0 saturated heterocycles. The number of rotatable bonds is 7. The van der Waals surface area contributed by atoms with Crippen LogP contribution in [-0.4, -0.2) is 22.5 Å². The van der Waals surface area contributed by atoms with Gasteiger partial charge in [-0.1, -0.05) is 42.5 Å². The molecule has 0 saturated carbocycles. The first-order chi connectivity index (χ1) is 17.1. The number of aromatic nitrogens is 2. The number of halogens is 4. The van der Waals surface area contributed by atoms with Gasteiger partial charge in [-0.3, -0.25) is 4.79 Å². The van der Waals surface area contributed by atoms with Crippen LogP contribution in [0, 0.1) is 6.92 Å². The van der Waals surface area contributed by atoms with E-state index < -0.39 is 18.4 Å². The fraction of sp³-hybridized carbons (Fsp3) is 0.148. The third-order valence-corrected chi connectivity index (χ3v) is 5.25. The molecule has 0 spiro atoms. The lowest BCUT2D eigenvalue weighted by Gasteiger charge is -2.14. The molecule has 1 amide bonds. The van der Waals surface area contributed by atoms with Gasteiger partial charge in [0.1, 0.15) is 11.4 Å². The smallest absolute Gasteiger partial charge is 0.387 e. The third-order valence-electron chi connectivity index (χ3n) is 5.25. The number of alkyl halides is 4. The van der Waals surface area contributed by atoms with Crippen molar-refractivity contribution < 1.29 is 27.1 Å². The van der Waals surface area contributed by atoms with Gasteiger partial charge in [0.05, 0.1) is 0 Å². The molecule has 5 nitrogen and oxygen atoms in total. The lowest BCUT2D eigenvalue weighted by Crippen LogP contribution is -2.16. The number of nitrogens with one attached hydrogen (secondary N) is 1. The van der Waals surface area contributed by atoms with Crippen LogP contribution in [0.1, 0.15) is 28.7 Å². The Morgan fingerprint density at radius 3 is 2.36 bits per heavy atom. The highest BCUT2D eigenvalue weighted by molar-refractivity contribution is 6.03. The number of aryl methyl sites for hydroxylation is 1. The molecule has 0 unspecified atom stereocenters. The predicted molar refractivity (Wildman–Crippen MR) is 128 cm³/mol. The van der Waals surface area contributed by atoms with Crippen LogP contribution in [-0.2, 0) is 5.92 Å². The summed E-state index contributed by atoms with van der Waals surface area (Å²) < 4.78 is 57.9. The van der Waals surface area contributed by atoms with E-state index in [1.807, 2.05) is 0 Å². The second kappa shape index (κ2) is 10.2. The Labute approximate surface area is 204 Å². The molecule has 3 aromatic carbocycles. The fourth-order valence-corrected chi connectivity index (χ4v) is 3.59. The van der Waals surface area contributed by atoms with Gasteiger partial charge < -0.3 is 10.1 Å². The zero-order valence-corrected chi connectivity index (χ0v) is 19.3. The number of anilines is 1. The van der Waals surface area contributed by atoms with Crippen molar-refractivity contribution in [3.8, 4) is 28.3 Å². The van der Waals surface area contributed by atoms with E-state index in [9.17, 15) is 22.4 Å². The van der Waals surface area contributed by atoms with Gasteiger partial charge in [0, 0.05) is 35.0 Å². The Kier molecular flexibility index (Phi) is 7.00. The molecule has 1 heterocycles. The van der Waals surface area contributed by atoms with Crippen molar-refractivity contribution in [3.05, 3.63) is 95.8 Å². The van der Waals surface area contributed by atoms with E-state index in [0.29, 0.717) is 22.4 Å². The van der Waals surface area contributed by atoms with Crippen molar-refractivity contribution >= 4 is 11.6 Å². The van der Waals surface area contributed by atoms with Crippen LogP contribution >= 0.6 is 0 Å². The molecule has 0 aliphatic rings. The fourth-order valence-electron chi connectivity index (χ4n) is 3.59. The van der Waals surface area contributed by atoms with E-state index in [0.717, 1.165) is 6.92 Å². The maximum Gasteiger partial charge on any atom is 0.387 e. The lowest BCUT2D eigenvalue weighted by molar-refractivity contribution is -0.0494. The molecule has 0 atom stereocenters. The molecule has 4 rings (SSSR count). The highest BCUT2D eigenvalue weighted by atomic mass is 19.3. The number of benzene rings is 3. The summed E-state index contributed by atoms with van der Waals surface area (Å²) in [5.74, 6) is -3.50. The predicted octanol–water partition coefficient (Wildman–Crippen LogP) is 7.08. The minimum Gasteiger partial charge on any atom is -0.434 e. The van der Waals surface area contributed by atoms with E-state index in [1.54, 1.807) is 43.3 Å². The van der Waals surface area contributed by atoms with Gasteiger partial charge in [0.15, 0.2) is 5.82 Å². The first-order valence-corrected chi connectivity index (χ1v) is 10.9. The van der Waals surface area contributed by atoms with E-state index in [1.165, 1.54) is 42.5 Å². The molecule has 0 aliphatic heterocycles. The monoisotopic (exact) mass is 495 g/mol. The van der Waals surface area contributed by atoms with Gasteiger partial charge in [-0.15, -0.1) is 0 Å². The van der Waals surface area contributed by atoms with Crippen LogP contribution < -0.4 is 10.1 Å². The standard InChI is InChI=1S/C27H21F4N3O2/c1-16-13-22(25(35)33-20-10-6-9-19(15-20)27(2,30)31)34-24(32-16)18-11-12-23(36-26(28)29)21(14-18)17-7-4-3-5-8-17/h3-15,26H,1-2H3,(H,33,35). The molecule has 0 aliphatic carbocycles. The van der Waals surface area contributed by atoms with Gasteiger partial charge >= 0.3 is 6.61 Å². The normalized spacial score (nSPS) is 11.4. The number of carbonyl (C=O) groups is 1. The minimum atomic E-state index is -3.06. The van der Waals surface area contributed by atoms with Crippen LogP contribution in [0.15, 0.2) is 78.9 Å². The van der Waals surface area contributed by atoms with Crippen LogP contribution in [0.4, 0.5) is 23.2 Å². The minimum absolute atomic E-state index is 0.0142. The van der Waals surface area contributed by atoms with Crippen LogP contribution in [0.2, 0.25) is 0 Å². The van der Waals surface area contributed by atoms with E-state index in [-0.39, 0.29) is 28.5 Å². The summed E-state index contributed by atoms with van der Waals surface area (Å²) in [7, 11) is 0. The zero-order valence-electron chi connectivity index (χ0n) is 19.3. The number of hydrogen-bond acceptors (Lipinski definition) is 4. The number of hydrogen-bond donors (Lipinski definition) is 1. The van der Waals surface area contributed by atoms with Crippen LogP contribution in [0.25, 0.3) is 22.5 Å². The summed E-state index contributed by atoms with van der Waals surface area (Å²) in [5, 5.41) is 2.58. The Bertz CT molecular complexity index is 1390. The molecular weight excluding hydrogens is 474 g/mol. The van der Waals surface area contributed by atoms with E-state index in [2.05, 4.69) is 20.0 Å². The Balaban J connectivity index is 1.69. The number of nitrogens with zero attached hydrogens (tertiary/aromatic N) is 2. The maximum atomic E-state index is 13.7. The van der Waals surface area contributed by atoms with Crippen molar-refractivity contribution in [3.63, 3.8) is 0 Å². The van der Waals surface area contributed by atoms with Crippen molar-refractivity contribution in [1.82, 2.24) is 9.97 Å². The highest BCUT2D eigenvalue weighted by Gasteiger charge is 2.24. The second-order valence-electron chi connectivity index (χ2n) is 8.10. The summed E-state index contributed by atoms with van der Waals surface area (Å²) in [6.45, 7) is -0.558. The zero-order chi connectivity index (χ0) is 25.9. The molecule has 1 N–H and O–H groups in total. The molecule has 0 radical (unpaired) electrons. The first-order valence-electron chi connectivity index (χ1n) is 10.9. The molecule has 4 aromatic rings. The molecule has 9 heteroatoms. The molecule has 0 fully saturated rings. The quantitative estimate of drug-likeness (QED) is 0.278. The van der Waals surface area contributed by atoms with Gasteiger partial charge in [-0.05, 0) is 48.9 Å². The molecule has 1 aromatic heterocycles. The average Bonchev–Trinajstić information content (AvgIpc) is 2.84. The Morgan fingerprint density at radius 2 is 1.67 bits per heavy atom. The second-order valence-corrected chi connectivity index (χ2v) is 8.10.